The molecule has 0 saturated carbocycles. The third kappa shape index (κ3) is 3.98. The van der Waals surface area contributed by atoms with E-state index < -0.39 is 5.54 Å². The summed E-state index contributed by atoms with van der Waals surface area (Å²) in [5.74, 6) is 1.16. The first-order valence-corrected chi connectivity index (χ1v) is 10.8. The zero-order valence-electron chi connectivity index (χ0n) is 18.6. The molecule has 2 aliphatic heterocycles. The van der Waals surface area contributed by atoms with Gasteiger partial charge in [-0.3, -0.25) is 0 Å². The van der Waals surface area contributed by atoms with Gasteiger partial charge in [-0.25, -0.2) is 9.37 Å². The number of aromatic nitrogens is 2. The van der Waals surface area contributed by atoms with Gasteiger partial charge < -0.3 is 23.8 Å². The lowest BCUT2D eigenvalue weighted by molar-refractivity contribution is -0.0951. The van der Waals surface area contributed by atoms with Crippen LogP contribution in [0.3, 0.4) is 0 Å². The number of fused-ring (bicyclic) bond motifs is 1. The number of rotatable bonds is 5. The van der Waals surface area contributed by atoms with Gasteiger partial charge in [-0.2, -0.15) is 0 Å². The molecule has 3 aromatic rings. The molecule has 3 heterocycles. The van der Waals surface area contributed by atoms with E-state index in [4.69, 9.17) is 14.3 Å². The van der Waals surface area contributed by atoms with Gasteiger partial charge in [-0.1, -0.05) is 29.4 Å². The lowest BCUT2D eigenvalue weighted by Gasteiger charge is -2.49. The van der Waals surface area contributed by atoms with Crippen molar-refractivity contribution >= 4 is 11.9 Å². The number of hydrogen-bond donors (Lipinski definition) is 0. The zero-order chi connectivity index (χ0) is 22.8. The van der Waals surface area contributed by atoms with E-state index in [1.54, 1.807) is 25.6 Å². The van der Waals surface area contributed by atoms with E-state index in [-0.39, 0.29) is 5.82 Å². The van der Waals surface area contributed by atoms with Gasteiger partial charge in [0.1, 0.15) is 23.7 Å². The Morgan fingerprint density at radius 1 is 1.12 bits per heavy atom. The maximum atomic E-state index is 13.5. The highest BCUT2D eigenvalue weighted by atomic mass is 19.1. The Balaban J connectivity index is 1.43. The zero-order valence-corrected chi connectivity index (χ0v) is 18.6. The Bertz CT molecular complexity index is 1200. The third-order valence-corrected chi connectivity index (χ3v) is 6.05. The number of aryl methyl sites for hydroxylation is 1. The van der Waals surface area contributed by atoms with E-state index >= 15 is 0 Å². The first-order valence-electron chi connectivity index (χ1n) is 10.8. The number of morpholine rings is 1. The van der Waals surface area contributed by atoms with E-state index in [1.807, 2.05) is 48.0 Å². The lowest BCUT2D eigenvalue weighted by Crippen LogP contribution is -2.60. The standard InChI is InChI=1S/C25H25FN4O3/c1-18-14-29(17-27-18)22-9-3-19(13-23(22)31-2)4-10-24-28-33-16-25(15-32-12-11-30(24)25)20-5-7-21(26)8-6-20/h3-10,13-14,17H,11-12,15-16H2,1-2H3/b10-4-. The van der Waals surface area contributed by atoms with Gasteiger partial charge in [0.05, 0.1) is 38.0 Å². The van der Waals surface area contributed by atoms with Crippen LogP contribution in [0.5, 0.6) is 5.75 Å². The fraction of sp³-hybridized carbons (Fsp3) is 0.280. The van der Waals surface area contributed by atoms with Crippen molar-refractivity contribution in [2.24, 2.45) is 5.16 Å². The predicted octanol–water partition coefficient (Wildman–Crippen LogP) is 3.91. The van der Waals surface area contributed by atoms with E-state index in [0.29, 0.717) is 32.2 Å². The highest BCUT2D eigenvalue weighted by molar-refractivity contribution is 5.97. The van der Waals surface area contributed by atoms with Crippen LogP contribution in [0.1, 0.15) is 16.8 Å². The Hall–Kier alpha value is -3.65. The van der Waals surface area contributed by atoms with E-state index in [0.717, 1.165) is 28.3 Å². The molecule has 0 N–H and O–H groups in total. The molecule has 1 aromatic heterocycles. The van der Waals surface area contributed by atoms with Crippen molar-refractivity contribution in [2.75, 3.05) is 33.5 Å². The topological polar surface area (TPSA) is 61.1 Å². The number of ether oxygens (including phenoxy) is 2. The number of halogens is 1. The van der Waals surface area contributed by atoms with Crippen molar-refractivity contribution in [3.63, 3.8) is 0 Å². The van der Waals surface area contributed by atoms with Gasteiger partial charge in [0.15, 0.2) is 5.84 Å². The molecule has 1 unspecified atom stereocenters. The van der Waals surface area contributed by atoms with Gasteiger partial charge in [-0.05, 0) is 48.4 Å². The highest BCUT2D eigenvalue weighted by Crippen LogP contribution is 2.35. The summed E-state index contributed by atoms with van der Waals surface area (Å²) in [7, 11) is 1.65. The van der Waals surface area contributed by atoms with Gasteiger partial charge in [-0.15, -0.1) is 0 Å². The molecular formula is C25H25FN4O3. The molecule has 1 saturated heterocycles. The van der Waals surface area contributed by atoms with E-state index in [2.05, 4.69) is 15.0 Å². The average Bonchev–Trinajstić information content (AvgIpc) is 3.28. The van der Waals surface area contributed by atoms with Crippen molar-refractivity contribution in [3.8, 4) is 11.4 Å². The van der Waals surface area contributed by atoms with Gasteiger partial charge in [0.25, 0.3) is 0 Å². The number of oxime groups is 1. The molecule has 8 heteroatoms. The van der Waals surface area contributed by atoms with Crippen LogP contribution in [0.4, 0.5) is 4.39 Å². The van der Waals surface area contributed by atoms with Crippen LogP contribution in [0, 0.1) is 12.7 Å². The molecule has 7 nitrogen and oxygen atoms in total. The van der Waals surface area contributed by atoms with Crippen LogP contribution in [0.15, 0.2) is 66.2 Å². The predicted molar refractivity (Wildman–Crippen MR) is 123 cm³/mol. The van der Waals surface area contributed by atoms with Crippen LogP contribution in [-0.2, 0) is 15.1 Å². The summed E-state index contributed by atoms with van der Waals surface area (Å²) in [5.41, 5.74) is 3.20. The molecule has 2 aromatic carbocycles. The summed E-state index contributed by atoms with van der Waals surface area (Å²) in [5, 5.41) is 4.31. The Labute approximate surface area is 191 Å². The molecule has 1 fully saturated rings. The second-order valence-corrected chi connectivity index (χ2v) is 8.15. The summed E-state index contributed by atoms with van der Waals surface area (Å²) < 4.78 is 26.9. The number of amidine groups is 1. The van der Waals surface area contributed by atoms with Crippen molar-refractivity contribution in [1.82, 2.24) is 14.5 Å². The Morgan fingerprint density at radius 2 is 1.97 bits per heavy atom. The number of methoxy groups -OCH3 is 1. The summed E-state index contributed by atoms with van der Waals surface area (Å²) in [4.78, 5) is 12.1. The van der Waals surface area contributed by atoms with Gasteiger partial charge in [0, 0.05) is 12.7 Å². The molecule has 33 heavy (non-hydrogen) atoms. The number of imidazole rings is 1. The molecule has 1 atom stereocenters. The van der Waals surface area contributed by atoms with Crippen molar-refractivity contribution in [1.29, 1.82) is 0 Å². The van der Waals surface area contributed by atoms with Crippen LogP contribution in [0.2, 0.25) is 0 Å². The quantitative estimate of drug-likeness (QED) is 0.592. The first kappa shape index (κ1) is 21.2. The molecule has 0 bridgehead atoms. The van der Waals surface area contributed by atoms with Gasteiger partial charge in [0.2, 0.25) is 0 Å². The SMILES string of the molecule is COc1cc(/C=C\C2=NOCC3(c4ccc(F)cc4)COCCN23)ccc1-n1cnc(C)c1. The van der Waals surface area contributed by atoms with Crippen molar-refractivity contribution < 1.29 is 18.7 Å². The molecule has 0 radical (unpaired) electrons. The smallest absolute Gasteiger partial charge is 0.169 e. The minimum Gasteiger partial charge on any atom is -0.495 e. The molecule has 0 aliphatic carbocycles. The Morgan fingerprint density at radius 3 is 2.73 bits per heavy atom. The number of hydrogen-bond acceptors (Lipinski definition) is 6. The fourth-order valence-electron chi connectivity index (χ4n) is 4.33. The summed E-state index contributed by atoms with van der Waals surface area (Å²) in [6.45, 7) is 3.97. The second kappa shape index (κ2) is 8.71. The molecule has 2 aliphatic rings. The fourth-order valence-corrected chi connectivity index (χ4v) is 4.33. The van der Waals surface area contributed by atoms with E-state index in [1.165, 1.54) is 12.1 Å². The molecule has 5 rings (SSSR count). The maximum Gasteiger partial charge on any atom is 0.169 e. The second-order valence-electron chi connectivity index (χ2n) is 8.15. The maximum absolute atomic E-state index is 13.5. The van der Waals surface area contributed by atoms with Crippen LogP contribution in [-0.4, -0.2) is 53.8 Å². The third-order valence-electron chi connectivity index (χ3n) is 6.05. The summed E-state index contributed by atoms with van der Waals surface area (Å²) in [6, 6.07) is 12.5. The number of nitrogens with zero attached hydrogens (tertiary/aromatic N) is 4. The normalized spacial score (nSPS) is 20.3. The lowest BCUT2D eigenvalue weighted by atomic mass is 9.87. The minimum absolute atomic E-state index is 0.271. The summed E-state index contributed by atoms with van der Waals surface area (Å²) in [6.07, 6.45) is 7.63. The summed E-state index contributed by atoms with van der Waals surface area (Å²) >= 11 is 0. The van der Waals surface area contributed by atoms with Crippen molar-refractivity contribution in [2.45, 2.75) is 12.5 Å². The van der Waals surface area contributed by atoms with E-state index in [9.17, 15) is 4.39 Å². The van der Waals surface area contributed by atoms with Crippen LogP contribution in [0.25, 0.3) is 11.8 Å². The first-order chi connectivity index (χ1) is 16.1. The van der Waals surface area contributed by atoms with Crippen molar-refractivity contribution in [3.05, 3.63) is 83.7 Å². The average molecular weight is 448 g/mol. The number of benzene rings is 2. The molecule has 0 amide bonds. The Kier molecular flexibility index (Phi) is 5.60. The highest BCUT2D eigenvalue weighted by Gasteiger charge is 2.46. The van der Waals surface area contributed by atoms with Crippen LogP contribution >= 0.6 is 0 Å². The van der Waals surface area contributed by atoms with Crippen LogP contribution < -0.4 is 4.74 Å². The minimum atomic E-state index is -0.547. The monoisotopic (exact) mass is 448 g/mol. The molecule has 170 valence electrons. The largest absolute Gasteiger partial charge is 0.495 e. The molecule has 0 spiro atoms. The molecular weight excluding hydrogens is 423 g/mol. The van der Waals surface area contributed by atoms with Gasteiger partial charge >= 0.3 is 0 Å².